The molecule has 1 N–H and O–H groups in total. The van der Waals surface area contributed by atoms with Crippen molar-refractivity contribution in [3.63, 3.8) is 0 Å². The standard InChI is InChI=1S/C20H32N2O3/c1-15(2)22(5)13-7-12-21-20(23)11-9-17-8-10-18(25-16(3)4)19(14-17)24-6/h8-11,14-16H,7,12-13H2,1-6H3,(H,21,23)/b11-9+. The number of carbonyl (C=O) groups is 1. The minimum atomic E-state index is -0.0892. The first-order chi connectivity index (χ1) is 11.8. The maximum absolute atomic E-state index is 11.9. The molecular formula is C20H32N2O3. The van der Waals surface area contributed by atoms with Crippen LogP contribution in [0.25, 0.3) is 6.08 Å². The van der Waals surface area contributed by atoms with Gasteiger partial charge in [-0.1, -0.05) is 6.07 Å². The van der Waals surface area contributed by atoms with E-state index in [1.165, 1.54) is 0 Å². The Bertz CT molecular complexity index is 568. The van der Waals surface area contributed by atoms with Crippen molar-refractivity contribution in [2.24, 2.45) is 0 Å². The number of hydrogen-bond acceptors (Lipinski definition) is 4. The molecule has 5 heteroatoms. The summed E-state index contributed by atoms with van der Waals surface area (Å²) in [6.45, 7) is 9.90. The van der Waals surface area contributed by atoms with E-state index in [4.69, 9.17) is 9.47 Å². The van der Waals surface area contributed by atoms with Crippen LogP contribution in [-0.2, 0) is 4.79 Å². The summed E-state index contributed by atoms with van der Waals surface area (Å²) in [5.41, 5.74) is 0.891. The lowest BCUT2D eigenvalue weighted by atomic mass is 10.2. The fourth-order valence-corrected chi connectivity index (χ4v) is 2.17. The molecule has 0 aliphatic heterocycles. The molecule has 0 aromatic heterocycles. The second-order valence-corrected chi connectivity index (χ2v) is 6.63. The van der Waals surface area contributed by atoms with E-state index in [0.717, 1.165) is 18.5 Å². The summed E-state index contributed by atoms with van der Waals surface area (Å²) < 4.78 is 11.0. The van der Waals surface area contributed by atoms with Crippen LogP contribution in [0.5, 0.6) is 11.5 Å². The van der Waals surface area contributed by atoms with Gasteiger partial charge in [0.1, 0.15) is 0 Å². The van der Waals surface area contributed by atoms with E-state index in [1.807, 2.05) is 32.0 Å². The Morgan fingerprint density at radius 3 is 2.56 bits per heavy atom. The Labute approximate surface area is 152 Å². The van der Waals surface area contributed by atoms with E-state index in [9.17, 15) is 4.79 Å². The molecule has 25 heavy (non-hydrogen) atoms. The number of rotatable bonds is 10. The average Bonchev–Trinajstić information content (AvgIpc) is 2.56. The zero-order valence-corrected chi connectivity index (χ0v) is 16.3. The molecule has 0 spiro atoms. The zero-order valence-electron chi connectivity index (χ0n) is 16.3. The van der Waals surface area contributed by atoms with Crippen LogP contribution in [0, 0.1) is 0 Å². The fraction of sp³-hybridized carbons (Fsp3) is 0.550. The largest absolute Gasteiger partial charge is 0.493 e. The number of methoxy groups -OCH3 is 1. The molecule has 0 unspecified atom stereocenters. The molecule has 0 bridgehead atoms. The quantitative estimate of drug-likeness (QED) is 0.520. The molecule has 140 valence electrons. The first kappa shape index (κ1) is 21.0. The SMILES string of the molecule is COc1cc(/C=C/C(=O)NCCCN(C)C(C)C)ccc1OC(C)C. The molecule has 1 aromatic rings. The lowest BCUT2D eigenvalue weighted by Crippen LogP contribution is -2.30. The van der Waals surface area contributed by atoms with E-state index in [-0.39, 0.29) is 12.0 Å². The van der Waals surface area contributed by atoms with Gasteiger partial charge in [0.2, 0.25) is 5.91 Å². The summed E-state index contributed by atoms with van der Waals surface area (Å²) in [5.74, 6) is 1.27. The van der Waals surface area contributed by atoms with Gasteiger partial charge in [-0.05, 0) is 71.5 Å². The Hall–Kier alpha value is -2.01. The fourth-order valence-electron chi connectivity index (χ4n) is 2.17. The van der Waals surface area contributed by atoms with Crippen LogP contribution in [0.15, 0.2) is 24.3 Å². The third kappa shape index (κ3) is 8.07. The van der Waals surface area contributed by atoms with Crippen molar-refractivity contribution < 1.29 is 14.3 Å². The minimum absolute atomic E-state index is 0.0795. The molecule has 0 atom stereocenters. The number of hydrogen-bond donors (Lipinski definition) is 1. The van der Waals surface area contributed by atoms with Crippen molar-refractivity contribution in [3.8, 4) is 11.5 Å². The van der Waals surface area contributed by atoms with Gasteiger partial charge in [-0.2, -0.15) is 0 Å². The van der Waals surface area contributed by atoms with Gasteiger partial charge in [-0.3, -0.25) is 4.79 Å². The van der Waals surface area contributed by atoms with Crippen molar-refractivity contribution in [2.75, 3.05) is 27.2 Å². The summed E-state index contributed by atoms with van der Waals surface area (Å²) in [6, 6.07) is 6.15. The summed E-state index contributed by atoms with van der Waals surface area (Å²) in [7, 11) is 3.70. The van der Waals surface area contributed by atoms with E-state index in [2.05, 4.69) is 31.1 Å². The lowest BCUT2D eigenvalue weighted by molar-refractivity contribution is -0.116. The van der Waals surface area contributed by atoms with Gasteiger partial charge in [0.25, 0.3) is 0 Å². The van der Waals surface area contributed by atoms with Crippen LogP contribution in [0.2, 0.25) is 0 Å². The predicted octanol–water partition coefficient (Wildman–Crippen LogP) is 3.34. The van der Waals surface area contributed by atoms with E-state index >= 15 is 0 Å². The van der Waals surface area contributed by atoms with Crippen LogP contribution in [-0.4, -0.2) is 50.2 Å². The second-order valence-electron chi connectivity index (χ2n) is 6.63. The number of carbonyl (C=O) groups excluding carboxylic acids is 1. The topological polar surface area (TPSA) is 50.8 Å². The maximum atomic E-state index is 11.9. The molecular weight excluding hydrogens is 316 g/mol. The predicted molar refractivity (Wildman–Crippen MR) is 103 cm³/mol. The molecule has 0 saturated heterocycles. The normalized spacial score (nSPS) is 11.6. The molecule has 0 saturated carbocycles. The molecule has 5 nitrogen and oxygen atoms in total. The third-order valence-electron chi connectivity index (χ3n) is 3.85. The second kappa shape index (κ2) is 10.8. The van der Waals surface area contributed by atoms with Crippen molar-refractivity contribution >= 4 is 12.0 Å². The number of amides is 1. The summed E-state index contributed by atoms with van der Waals surface area (Å²) in [5, 5.41) is 2.90. The number of ether oxygens (including phenoxy) is 2. The van der Waals surface area contributed by atoms with Crippen LogP contribution in [0.1, 0.15) is 39.7 Å². The molecule has 1 amide bonds. The third-order valence-corrected chi connectivity index (χ3v) is 3.85. The highest BCUT2D eigenvalue weighted by molar-refractivity contribution is 5.91. The summed E-state index contributed by atoms with van der Waals surface area (Å²) >= 11 is 0. The first-order valence-corrected chi connectivity index (χ1v) is 8.84. The van der Waals surface area contributed by atoms with Gasteiger partial charge in [-0.25, -0.2) is 0 Å². The molecule has 0 radical (unpaired) electrons. The summed E-state index contributed by atoms with van der Waals surface area (Å²) in [6.07, 6.45) is 4.33. The zero-order chi connectivity index (χ0) is 18.8. The van der Waals surface area contributed by atoms with Gasteiger partial charge in [0.05, 0.1) is 13.2 Å². The highest BCUT2D eigenvalue weighted by atomic mass is 16.5. The first-order valence-electron chi connectivity index (χ1n) is 8.84. The van der Waals surface area contributed by atoms with Gasteiger partial charge >= 0.3 is 0 Å². The Morgan fingerprint density at radius 1 is 1.24 bits per heavy atom. The van der Waals surface area contributed by atoms with Gasteiger partial charge in [-0.15, -0.1) is 0 Å². The minimum Gasteiger partial charge on any atom is -0.493 e. The number of nitrogens with zero attached hydrogens (tertiary/aromatic N) is 1. The van der Waals surface area contributed by atoms with Crippen LogP contribution >= 0.6 is 0 Å². The van der Waals surface area contributed by atoms with E-state index < -0.39 is 0 Å². The van der Waals surface area contributed by atoms with Crippen molar-refractivity contribution in [1.82, 2.24) is 10.2 Å². The molecule has 0 heterocycles. The highest BCUT2D eigenvalue weighted by Gasteiger charge is 2.07. The molecule has 1 rings (SSSR count). The molecule has 1 aromatic carbocycles. The monoisotopic (exact) mass is 348 g/mol. The van der Waals surface area contributed by atoms with Gasteiger partial charge in [0, 0.05) is 18.7 Å². The van der Waals surface area contributed by atoms with Gasteiger partial charge in [0.15, 0.2) is 11.5 Å². The van der Waals surface area contributed by atoms with Crippen molar-refractivity contribution in [2.45, 2.75) is 46.3 Å². The van der Waals surface area contributed by atoms with Crippen LogP contribution in [0.3, 0.4) is 0 Å². The van der Waals surface area contributed by atoms with Gasteiger partial charge < -0.3 is 19.7 Å². The Kier molecular flexibility index (Phi) is 9.06. The highest BCUT2D eigenvalue weighted by Crippen LogP contribution is 2.29. The van der Waals surface area contributed by atoms with Crippen molar-refractivity contribution in [3.05, 3.63) is 29.8 Å². The molecule has 0 fully saturated rings. The van der Waals surface area contributed by atoms with Crippen LogP contribution < -0.4 is 14.8 Å². The Balaban J connectivity index is 2.50. The van der Waals surface area contributed by atoms with Crippen molar-refractivity contribution in [1.29, 1.82) is 0 Å². The molecule has 0 aliphatic carbocycles. The lowest BCUT2D eigenvalue weighted by Gasteiger charge is -2.20. The Morgan fingerprint density at radius 2 is 1.96 bits per heavy atom. The maximum Gasteiger partial charge on any atom is 0.243 e. The van der Waals surface area contributed by atoms with E-state index in [1.54, 1.807) is 19.3 Å². The molecule has 0 aliphatic rings. The average molecular weight is 348 g/mol. The number of nitrogens with one attached hydrogen (secondary N) is 1. The van der Waals surface area contributed by atoms with E-state index in [0.29, 0.717) is 24.1 Å². The summed E-state index contributed by atoms with van der Waals surface area (Å²) in [4.78, 5) is 14.2. The van der Waals surface area contributed by atoms with Crippen LogP contribution in [0.4, 0.5) is 0 Å². The smallest absolute Gasteiger partial charge is 0.243 e. The number of benzene rings is 1.